The van der Waals surface area contributed by atoms with Gasteiger partial charge in [-0.1, -0.05) is 17.7 Å². The first-order valence-electron chi connectivity index (χ1n) is 5.92. The van der Waals surface area contributed by atoms with Crippen molar-refractivity contribution >= 4 is 29.0 Å². The van der Waals surface area contributed by atoms with Gasteiger partial charge in [0.2, 0.25) is 0 Å². The molecule has 0 saturated carbocycles. The number of hydrogen-bond acceptors (Lipinski definition) is 3. The topological polar surface area (TPSA) is 54.0 Å². The molecule has 1 amide bonds. The monoisotopic (exact) mass is 293 g/mol. The summed E-state index contributed by atoms with van der Waals surface area (Å²) in [5.74, 6) is -0.474. The van der Waals surface area contributed by atoms with Crippen molar-refractivity contribution in [2.24, 2.45) is 0 Å². The van der Waals surface area contributed by atoms with Gasteiger partial charge in [0.15, 0.2) is 0 Å². The number of amides is 1. The van der Waals surface area contributed by atoms with Gasteiger partial charge in [0.1, 0.15) is 11.6 Å². The Balaban J connectivity index is 2.28. The van der Waals surface area contributed by atoms with Gasteiger partial charge >= 0.3 is 0 Å². The number of carbonyl (C=O) groups excluding carboxylic acids is 1. The van der Waals surface area contributed by atoms with Gasteiger partial charge in [0.05, 0.1) is 16.3 Å². The van der Waals surface area contributed by atoms with Gasteiger partial charge < -0.3 is 10.6 Å². The number of rotatable bonds is 3. The summed E-state index contributed by atoms with van der Waals surface area (Å²) in [7, 11) is 1.68. The van der Waals surface area contributed by atoms with Gasteiger partial charge in [0, 0.05) is 13.2 Å². The van der Waals surface area contributed by atoms with Crippen molar-refractivity contribution < 1.29 is 9.18 Å². The Hall–Kier alpha value is -2.14. The number of aromatic nitrogens is 1. The molecule has 0 spiro atoms. The summed E-state index contributed by atoms with van der Waals surface area (Å²) in [6.07, 6.45) is 1.37. The number of benzene rings is 1. The average molecular weight is 294 g/mol. The van der Waals surface area contributed by atoms with Crippen molar-refractivity contribution in [3.63, 3.8) is 0 Å². The lowest BCUT2D eigenvalue weighted by Gasteiger charge is -2.09. The van der Waals surface area contributed by atoms with Crippen LogP contribution in [0.3, 0.4) is 0 Å². The lowest BCUT2D eigenvalue weighted by atomic mass is 10.2. The lowest BCUT2D eigenvalue weighted by Crippen LogP contribution is -2.14. The molecule has 0 aliphatic rings. The Kier molecular flexibility index (Phi) is 4.20. The number of halogens is 2. The summed E-state index contributed by atoms with van der Waals surface area (Å²) in [5, 5.41) is 5.50. The molecule has 0 aliphatic carbocycles. The second-order valence-corrected chi connectivity index (χ2v) is 4.64. The molecule has 1 aromatic heterocycles. The Morgan fingerprint density at radius 1 is 1.35 bits per heavy atom. The van der Waals surface area contributed by atoms with Crippen LogP contribution < -0.4 is 10.6 Å². The van der Waals surface area contributed by atoms with Crippen molar-refractivity contribution in [1.82, 2.24) is 4.98 Å². The van der Waals surface area contributed by atoms with Gasteiger partial charge in [0.25, 0.3) is 5.91 Å². The van der Waals surface area contributed by atoms with Gasteiger partial charge in [-0.25, -0.2) is 9.37 Å². The fourth-order valence-corrected chi connectivity index (χ4v) is 1.85. The zero-order valence-corrected chi connectivity index (χ0v) is 11.8. The van der Waals surface area contributed by atoms with E-state index >= 15 is 0 Å². The highest BCUT2D eigenvalue weighted by atomic mass is 35.5. The first-order chi connectivity index (χ1) is 9.51. The van der Waals surface area contributed by atoms with Crippen molar-refractivity contribution in [2.45, 2.75) is 6.92 Å². The van der Waals surface area contributed by atoms with Crippen LogP contribution in [-0.4, -0.2) is 17.9 Å². The molecule has 0 atom stereocenters. The van der Waals surface area contributed by atoms with Crippen molar-refractivity contribution in [1.29, 1.82) is 0 Å². The van der Waals surface area contributed by atoms with E-state index in [1.807, 2.05) is 0 Å². The molecule has 4 nitrogen and oxygen atoms in total. The zero-order chi connectivity index (χ0) is 14.7. The molecule has 1 aromatic carbocycles. The van der Waals surface area contributed by atoms with Gasteiger partial charge in [-0.3, -0.25) is 4.79 Å². The van der Waals surface area contributed by atoms with E-state index in [4.69, 9.17) is 11.6 Å². The number of nitrogens with one attached hydrogen (secondary N) is 2. The van der Waals surface area contributed by atoms with Crippen LogP contribution in [0.5, 0.6) is 0 Å². The Morgan fingerprint density at radius 3 is 2.75 bits per heavy atom. The standard InChI is InChI=1S/C14H13ClFN3O/c1-8-3-4-12(11(16)5-8)19-14(20)9-6-13(17-2)18-7-10(9)15/h3-7H,1-2H3,(H,17,18)(H,19,20). The first-order valence-corrected chi connectivity index (χ1v) is 6.30. The van der Waals surface area contributed by atoms with E-state index < -0.39 is 11.7 Å². The van der Waals surface area contributed by atoms with Crippen LogP contribution in [0.4, 0.5) is 15.9 Å². The minimum Gasteiger partial charge on any atom is -0.373 e. The highest BCUT2D eigenvalue weighted by Gasteiger charge is 2.14. The normalized spacial score (nSPS) is 10.2. The highest BCUT2D eigenvalue weighted by Crippen LogP contribution is 2.21. The number of hydrogen-bond donors (Lipinski definition) is 2. The number of carbonyl (C=O) groups is 1. The molecule has 2 rings (SSSR count). The Labute approximate surface area is 121 Å². The van der Waals surface area contributed by atoms with Gasteiger partial charge in [-0.2, -0.15) is 0 Å². The van der Waals surface area contributed by atoms with Gasteiger partial charge in [-0.05, 0) is 30.7 Å². The summed E-state index contributed by atoms with van der Waals surface area (Å²) in [4.78, 5) is 16.1. The van der Waals surface area contributed by atoms with Crippen LogP contribution in [0.25, 0.3) is 0 Å². The molecule has 20 heavy (non-hydrogen) atoms. The number of pyridine rings is 1. The smallest absolute Gasteiger partial charge is 0.257 e. The quantitative estimate of drug-likeness (QED) is 0.911. The first kappa shape index (κ1) is 14.3. The number of nitrogens with zero attached hydrogens (tertiary/aromatic N) is 1. The SMILES string of the molecule is CNc1cc(C(=O)Nc2ccc(C)cc2F)c(Cl)cn1. The minimum absolute atomic E-state index is 0.111. The average Bonchev–Trinajstić information content (AvgIpc) is 2.42. The molecule has 0 radical (unpaired) electrons. The maximum absolute atomic E-state index is 13.7. The number of aryl methyl sites for hydroxylation is 1. The summed E-state index contributed by atoms with van der Waals surface area (Å²) in [5.41, 5.74) is 1.12. The van der Waals surface area contributed by atoms with E-state index in [-0.39, 0.29) is 16.3 Å². The molecule has 0 saturated heterocycles. The second kappa shape index (κ2) is 5.88. The van der Waals surface area contributed by atoms with E-state index in [1.165, 1.54) is 24.4 Å². The maximum atomic E-state index is 13.7. The van der Waals surface area contributed by atoms with Crippen molar-refractivity contribution in [2.75, 3.05) is 17.7 Å². The Morgan fingerprint density at radius 2 is 2.10 bits per heavy atom. The second-order valence-electron chi connectivity index (χ2n) is 4.24. The largest absolute Gasteiger partial charge is 0.373 e. The molecule has 0 bridgehead atoms. The summed E-state index contributed by atoms with van der Waals surface area (Å²) >= 11 is 5.93. The predicted molar refractivity (Wildman–Crippen MR) is 77.9 cm³/mol. The number of anilines is 2. The predicted octanol–water partition coefficient (Wildman–Crippen LogP) is 3.48. The highest BCUT2D eigenvalue weighted by molar-refractivity contribution is 6.34. The van der Waals surface area contributed by atoms with Gasteiger partial charge in [-0.15, -0.1) is 0 Å². The summed E-state index contributed by atoms with van der Waals surface area (Å²) in [6, 6.07) is 6.08. The van der Waals surface area contributed by atoms with Crippen LogP contribution >= 0.6 is 11.6 Å². The molecule has 104 valence electrons. The van der Waals surface area contributed by atoms with E-state index in [9.17, 15) is 9.18 Å². The van der Waals surface area contributed by atoms with Crippen molar-refractivity contribution in [3.8, 4) is 0 Å². The third kappa shape index (κ3) is 3.05. The maximum Gasteiger partial charge on any atom is 0.257 e. The molecular formula is C14H13ClFN3O. The fourth-order valence-electron chi connectivity index (χ4n) is 1.66. The Bertz CT molecular complexity index is 661. The van der Waals surface area contributed by atoms with Crippen LogP contribution in [0.15, 0.2) is 30.5 Å². The van der Waals surface area contributed by atoms with Crippen LogP contribution in [0, 0.1) is 12.7 Å². The van der Waals surface area contributed by atoms with Crippen LogP contribution in [0.2, 0.25) is 5.02 Å². The summed E-state index contributed by atoms with van der Waals surface area (Å²) in [6.45, 7) is 1.77. The molecule has 2 N–H and O–H groups in total. The third-order valence-corrected chi connectivity index (χ3v) is 3.03. The molecule has 0 unspecified atom stereocenters. The summed E-state index contributed by atoms with van der Waals surface area (Å²) < 4.78 is 13.7. The molecule has 2 aromatic rings. The van der Waals surface area contributed by atoms with E-state index in [2.05, 4.69) is 15.6 Å². The molecule has 0 aliphatic heterocycles. The lowest BCUT2D eigenvalue weighted by molar-refractivity contribution is 0.102. The van der Waals surface area contributed by atoms with E-state index in [1.54, 1.807) is 20.0 Å². The fraction of sp³-hybridized carbons (Fsp3) is 0.143. The third-order valence-electron chi connectivity index (χ3n) is 2.73. The minimum atomic E-state index is -0.489. The zero-order valence-electron chi connectivity index (χ0n) is 11.0. The molecule has 1 heterocycles. The van der Waals surface area contributed by atoms with Crippen LogP contribution in [0.1, 0.15) is 15.9 Å². The van der Waals surface area contributed by atoms with Crippen LogP contribution in [-0.2, 0) is 0 Å². The molecule has 6 heteroatoms. The van der Waals surface area contributed by atoms with E-state index in [0.717, 1.165) is 5.56 Å². The molecule has 0 fully saturated rings. The molecular weight excluding hydrogens is 281 g/mol. The van der Waals surface area contributed by atoms with E-state index in [0.29, 0.717) is 5.82 Å². The van der Waals surface area contributed by atoms with Crippen molar-refractivity contribution in [3.05, 3.63) is 52.4 Å².